The van der Waals surface area contributed by atoms with Crippen LogP contribution in [0.3, 0.4) is 0 Å². The third-order valence-electron chi connectivity index (χ3n) is 2.30. The van der Waals surface area contributed by atoms with Crippen molar-refractivity contribution in [2.75, 3.05) is 0 Å². The summed E-state index contributed by atoms with van der Waals surface area (Å²) < 4.78 is 15.1. The lowest BCUT2D eigenvalue weighted by Gasteiger charge is -2.04. The minimum atomic E-state index is -0.301. The molecule has 74 valence electrons. The van der Waals surface area contributed by atoms with Crippen molar-refractivity contribution in [1.29, 1.82) is 0 Å². The number of aromatic nitrogens is 2. The molecule has 0 spiro atoms. The number of hydrogen-bond donors (Lipinski definition) is 1. The van der Waals surface area contributed by atoms with Gasteiger partial charge in [-0.15, -0.1) is 0 Å². The van der Waals surface area contributed by atoms with E-state index in [1.807, 2.05) is 24.6 Å². The van der Waals surface area contributed by atoms with E-state index < -0.39 is 0 Å². The first-order valence-electron chi connectivity index (χ1n) is 4.47. The van der Waals surface area contributed by atoms with Crippen molar-refractivity contribution in [1.82, 2.24) is 9.55 Å². The van der Waals surface area contributed by atoms with Gasteiger partial charge in [0, 0.05) is 7.05 Å². The zero-order valence-corrected chi connectivity index (χ0v) is 8.16. The number of halogens is 1. The predicted octanol–water partition coefficient (Wildman–Crippen LogP) is 1.73. The number of rotatable bonds is 1. The third-order valence-corrected chi connectivity index (χ3v) is 2.30. The predicted molar refractivity (Wildman–Crippen MR) is 53.3 cm³/mol. The lowest BCUT2D eigenvalue weighted by Crippen LogP contribution is -2.11. The van der Waals surface area contributed by atoms with Crippen molar-refractivity contribution in [3.05, 3.63) is 29.8 Å². The van der Waals surface area contributed by atoms with Crippen LogP contribution >= 0.6 is 0 Å². The Bertz CT molecular complexity index is 473. The van der Waals surface area contributed by atoms with Crippen molar-refractivity contribution in [3.8, 4) is 0 Å². The van der Waals surface area contributed by atoms with Crippen LogP contribution in [-0.4, -0.2) is 9.55 Å². The molecule has 0 radical (unpaired) electrons. The Balaban J connectivity index is 2.80. The molecule has 0 aliphatic rings. The minimum absolute atomic E-state index is 0.188. The van der Waals surface area contributed by atoms with E-state index in [0.29, 0.717) is 11.3 Å². The highest BCUT2D eigenvalue weighted by atomic mass is 19.1. The van der Waals surface area contributed by atoms with Crippen molar-refractivity contribution in [2.45, 2.75) is 13.0 Å². The van der Waals surface area contributed by atoms with E-state index in [1.165, 1.54) is 6.07 Å². The molecule has 0 aliphatic heterocycles. The molecule has 1 heterocycles. The van der Waals surface area contributed by atoms with Gasteiger partial charge < -0.3 is 10.3 Å². The summed E-state index contributed by atoms with van der Waals surface area (Å²) in [5.74, 6) is 0.398. The summed E-state index contributed by atoms with van der Waals surface area (Å²) >= 11 is 0. The standard InChI is InChI=1S/C10H12FN3/c1-6(12)10-13-9-7(11)4-3-5-8(9)14(10)2/h3-6H,12H2,1-2H3. The minimum Gasteiger partial charge on any atom is -0.330 e. The van der Waals surface area contributed by atoms with Crippen molar-refractivity contribution >= 4 is 11.0 Å². The van der Waals surface area contributed by atoms with Crippen LogP contribution in [-0.2, 0) is 7.05 Å². The topological polar surface area (TPSA) is 43.8 Å². The second-order valence-corrected chi connectivity index (χ2v) is 3.43. The monoisotopic (exact) mass is 193 g/mol. The maximum Gasteiger partial charge on any atom is 0.151 e. The van der Waals surface area contributed by atoms with Gasteiger partial charge in [-0.1, -0.05) is 6.07 Å². The van der Waals surface area contributed by atoms with Gasteiger partial charge in [-0.2, -0.15) is 0 Å². The maximum atomic E-state index is 13.3. The Labute approximate surface area is 81.4 Å². The molecule has 0 bridgehead atoms. The molecule has 1 unspecified atom stereocenters. The Kier molecular flexibility index (Phi) is 2.00. The van der Waals surface area contributed by atoms with Crippen molar-refractivity contribution < 1.29 is 4.39 Å². The molecule has 0 amide bonds. The van der Waals surface area contributed by atoms with Crippen molar-refractivity contribution in [3.63, 3.8) is 0 Å². The van der Waals surface area contributed by atoms with Gasteiger partial charge in [-0.3, -0.25) is 0 Å². The van der Waals surface area contributed by atoms with Crippen LogP contribution in [0.5, 0.6) is 0 Å². The Hall–Kier alpha value is -1.42. The highest BCUT2D eigenvalue weighted by molar-refractivity contribution is 5.76. The summed E-state index contributed by atoms with van der Waals surface area (Å²) in [6.45, 7) is 1.83. The number of fused-ring (bicyclic) bond motifs is 1. The molecule has 4 heteroatoms. The second kappa shape index (κ2) is 3.06. The van der Waals surface area contributed by atoms with E-state index >= 15 is 0 Å². The zero-order valence-electron chi connectivity index (χ0n) is 8.16. The Morgan fingerprint density at radius 2 is 2.21 bits per heavy atom. The quantitative estimate of drug-likeness (QED) is 0.749. The number of nitrogens with zero attached hydrogens (tertiary/aromatic N) is 2. The van der Waals surface area contributed by atoms with Gasteiger partial charge in [0.05, 0.1) is 11.6 Å². The van der Waals surface area contributed by atoms with E-state index in [-0.39, 0.29) is 11.9 Å². The van der Waals surface area contributed by atoms with Gasteiger partial charge in [-0.25, -0.2) is 9.37 Å². The lowest BCUT2D eigenvalue weighted by atomic mass is 10.3. The van der Waals surface area contributed by atoms with Gasteiger partial charge in [-0.05, 0) is 19.1 Å². The van der Waals surface area contributed by atoms with E-state index in [4.69, 9.17) is 5.73 Å². The van der Waals surface area contributed by atoms with Gasteiger partial charge in [0.15, 0.2) is 5.82 Å². The molecule has 0 aliphatic carbocycles. The SMILES string of the molecule is CC(N)c1nc2c(F)cccc2n1C. The molecule has 3 nitrogen and oxygen atoms in total. The number of aryl methyl sites for hydroxylation is 1. The van der Waals surface area contributed by atoms with Gasteiger partial charge >= 0.3 is 0 Å². The molecular formula is C10H12FN3. The second-order valence-electron chi connectivity index (χ2n) is 3.43. The van der Waals surface area contributed by atoms with Crippen LogP contribution in [0.2, 0.25) is 0 Å². The van der Waals surface area contributed by atoms with Gasteiger partial charge in [0.2, 0.25) is 0 Å². The summed E-state index contributed by atoms with van der Waals surface area (Å²) in [6, 6.07) is 4.72. The smallest absolute Gasteiger partial charge is 0.151 e. The molecule has 0 saturated heterocycles. The summed E-state index contributed by atoms with van der Waals surface area (Å²) in [7, 11) is 1.84. The largest absolute Gasteiger partial charge is 0.330 e. The highest BCUT2D eigenvalue weighted by Gasteiger charge is 2.13. The first-order chi connectivity index (χ1) is 6.61. The molecule has 2 N–H and O–H groups in total. The maximum absolute atomic E-state index is 13.3. The molecule has 0 fully saturated rings. The van der Waals surface area contributed by atoms with Crippen LogP contribution in [0.15, 0.2) is 18.2 Å². The number of nitrogens with two attached hydrogens (primary N) is 1. The first-order valence-corrected chi connectivity index (χ1v) is 4.47. The summed E-state index contributed by atoms with van der Waals surface area (Å²) in [5.41, 5.74) is 6.89. The Morgan fingerprint density at radius 1 is 1.50 bits per heavy atom. The summed E-state index contributed by atoms with van der Waals surface area (Å²) in [6.07, 6.45) is 0. The molecule has 1 aromatic heterocycles. The van der Waals surface area contributed by atoms with E-state index in [0.717, 1.165) is 5.52 Å². The molecule has 1 aromatic carbocycles. The normalized spacial score (nSPS) is 13.4. The molecule has 2 aromatic rings. The fourth-order valence-corrected chi connectivity index (χ4v) is 1.61. The third kappa shape index (κ3) is 1.19. The highest BCUT2D eigenvalue weighted by Crippen LogP contribution is 2.20. The van der Waals surface area contributed by atoms with Crippen LogP contribution in [0, 0.1) is 5.82 Å². The van der Waals surface area contributed by atoms with E-state index in [9.17, 15) is 4.39 Å². The Morgan fingerprint density at radius 3 is 2.79 bits per heavy atom. The van der Waals surface area contributed by atoms with Crippen molar-refractivity contribution in [2.24, 2.45) is 12.8 Å². The van der Waals surface area contributed by atoms with Crippen LogP contribution in [0.4, 0.5) is 4.39 Å². The number of para-hydroxylation sites is 1. The van der Waals surface area contributed by atoms with Crippen LogP contribution in [0.1, 0.15) is 18.8 Å². The zero-order chi connectivity index (χ0) is 10.3. The fraction of sp³-hybridized carbons (Fsp3) is 0.300. The average Bonchev–Trinajstić information content (AvgIpc) is 2.46. The molecular weight excluding hydrogens is 181 g/mol. The average molecular weight is 193 g/mol. The lowest BCUT2D eigenvalue weighted by molar-refractivity contribution is 0.636. The number of hydrogen-bond acceptors (Lipinski definition) is 2. The first kappa shape index (κ1) is 9.15. The van der Waals surface area contributed by atoms with Gasteiger partial charge in [0.1, 0.15) is 11.3 Å². The summed E-state index contributed by atoms with van der Waals surface area (Å²) in [5, 5.41) is 0. The molecule has 14 heavy (non-hydrogen) atoms. The van der Waals surface area contributed by atoms with E-state index in [1.54, 1.807) is 6.07 Å². The molecule has 1 atom stereocenters. The number of benzene rings is 1. The molecule has 2 rings (SSSR count). The van der Waals surface area contributed by atoms with Gasteiger partial charge in [0.25, 0.3) is 0 Å². The van der Waals surface area contributed by atoms with E-state index in [2.05, 4.69) is 4.98 Å². The van der Waals surface area contributed by atoms with Crippen LogP contribution in [0.25, 0.3) is 11.0 Å². The molecule has 0 saturated carbocycles. The summed E-state index contributed by atoms with van der Waals surface area (Å²) in [4.78, 5) is 4.17. The fourth-order valence-electron chi connectivity index (χ4n) is 1.61. The van der Waals surface area contributed by atoms with Crippen LogP contribution < -0.4 is 5.73 Å². The number of imidazole rings is 1.